The summed E-state index contributed by atoms with van der Waals surface area (Å²) in [5, 5.41) is 4.03. The van der Waals surface area contributed by atoms with Crippen LogP contribution in [0.3, 0.4) is 0 Å². The molecule has 6 nitrogen and oxygen atoms in total. The standard InChI is InChI=1S/C36H28ClN3O3/c1-43-31-18-13-28(14-19-31)35(41)38-30-17-20-33-32(22-30)36(42)40(34(39-33)21-24-5-3-2-4-6-24)23-25-7-9-26(10-8-25)27-11-15-29(37)16-12-27/h2-20,22H,21,23H2,1H3,(H,38,41). The highest BCUT2D eigenvalue weighted by atomic mass is 35.5. The van der Waals surface area contributed by atoms with Crippen LogP contribution >= 0.6 is 11.6 Å². The SMILES string of the molecule is COc1ccc(C(=O)Nc2ccc3nc(Cc4ccccc4)n(Cc4ccc(-c5ccc(Cl)cc5)cc4)c(=O)c3c2)cc1. The molecule has 0 saturated carbocycles. The smallest absolute Gasteiger partial charge is 0.261 e. The molecule has 6 rings (SSSR count). The van der Waals surface area contributed by atoms with Crippen molar-refractivity contribution < 1.29 is 9.53 Å². The monoisotopic (exact) mass is 585 g/mol. The number of hydrogen-bond donors (Lipinski definition) is 1. The number of nitrogens with zero attached hydrogens (tertiary/aromatic N) is 2. The molecule has 0 saturated heterocycles. The van der Waals surface area contributed by atoms with Gasteiger partial charge in [0.2, 0.25) is 0 Å². The van der Waals surface area contributed by atoms with Gasteiger partial charge in [0.15, 0.2) is 0 Å². The summed E-state index contributed by atoms with van der Waals surface area (Å²) in [6, 6.07) is 37.9. The molecule has 7 heteroatoms. The van der Waals surface area contributed by atoms with E-state index in [0.717, 1.165) is 22.3 Å². The van der Waals surface area contributed by atoms with Crippen LogP contribution in [0.1, 0.15) is 27.3 Å². The molecular weight excluding hydrogens is 558 g/mol. The van der Waals surface area contributed by atoms with Gasteiger partial charge in [0.05, 0.1) is 24.6 Å². The lowest BCUT2D eigenvalue weighted by molar-refractivity contribution is 0.102. The Bertz CT molecular complexity index is 1950. The number of nitrogens with one attached hydrogen (secondary N) is 1. The predicted octanol–water partition coefficient (Wildman–Crippen LogP) is 7.62. The first-order valence-corrected chi connectivity index (χ1v) is 14.2. The van der Waals surface area contributed by atoms with Crippen molar-refractivity contribution in [3.8, 4) is 16.9 Å². The number of fused-ring (bicyclic) bond motifs is 1. The minimum Gasteiger partial charge on any atom is -0.497 e. The zero-order valence-electron chi connectivity index (χ0n) is 23.5. The van der Waals surface area contributed by atoms with E-state index in [2.05, 4.69) is 5.32 Å². The maximum atomic E-state index is 14.0. The van der Waals surface area contributed by atoms with Crippen molar-refractivity contribution in [2.45, 2.75) is 13.0 Å². The van der Waals surface area contributed by atoms with Crippen LogP contribution in [0.5, 0.6) is 5.75 Å². The Balaban J connectivity index is 1.34. The molecule has 0 aliphatic rings. The normalized spacial score (nSPS) is 10.9. The van der Waals surface area contributed by atoms with Crippen molar-refractivity contribution in [1.29, 1.82) is 0 Å². The van der Waals surface area contributed by atoms with Gasteiger partial charge in [-0.25, -0.2) is 4.98 Å². The quantitative estimate of drug-likeness (QED) is 0.199. The van der Waals surface area contributed by atoms with Crippen LogP contribution in [-0.2, 0) is 13.0 Å². The van der Waals surface area contributed by atoms with E-state index in [1.165, 1.54) is 0 Å². The lowest BCUT2D eigenvalue weighted by Crippen LogP contribution is -2.26. The van der Waals surface area contributed by atoms with Crippen LogP contribution in [0.15, 0.2) is 126 Å². The second-order valence-corrected chi connectivity index (χ2v) is 10.6. The molecular formula is C36H28ClN3O3. The molecule has 43 heavy (non-hydrogen) atoms. The second kappa shape index (κ2) is 12.3. The third-order valence-corrected chi connectivity index (χ3v) is 7.57. The number of benzene rings is 5. The summed E-state index contributed by atoms with van der Waals surface area (Å²) in [7, 11) is 1.58. The molecule has 0 spiro atoms. The van der Waals surface area contributed by atoms with E-state index in [-0.39, 0.29) is 11.5 Å². The third-order valence-electron chi connectivity index (χ3n) is 7.32. The van der Waals surface area contributed by atoms with Gasteiger partial charge < -0.3 is 10.1 Å². The Hall–Kier alpha value is -5.20. The largest absolute Gasteiger partial charge is 0.497 e. The predicted molar refractivity (Wildman–Crippen MR) is 172 cm³/mol. The average molecular weight is 586 g/mol. The Morgan fingerprint density at radius 3 is 2.16 bits per heavy atom. The second-order valence-electron chi connectivity index (χ2n) is 10.2. The van der Waals surface area contributed by atoms with Crippen molar-refractivity contribution in [3.63, 3.8) is 0 Å². The zero-order valence-corrected chi connectivity index (χ0v) is 24.2. The fourth-order valence-electron chi connectivity index (χ4n) is 4.99. The van der Waals surface area contributed by atoms with Crippen LogP contribution in [0, 0.1) is 0 Å². The number of halogens is 1. The zero-order chi connectivity index (χ0) is 29.8. The van der Waals surface area contributed by atoms with E-state index in [4.69, 9.17) is 21.3 Å². The highest BCUT2D eigenvalue weighted by Gasteiger charge is 2.15. The Morgan fingerprint density at radius 2 is 1.49 bits per heavy atom. The molecule has 212 valence electrons. The molecule has 0 atom stereocenters. The van der Waals surface area contributed by atoms with Gasteiger partial charge in [0, 0.05) is 22.7 Å². The number of carbonyl (C=O) groups is 1. The third kappa shape index (κ3) is 6.35. The molecule has 0 aliphatic carbocycles. The van der Waals surface area contributed by atoms with Gasteiger partial charge >= 0.3 is 0 Å². The minimum atomic E-state index is -0.281. The Kier molecular flexibility index (Phi) is 8.03. The summed E-state index contributed by atoms with van der Waals surface area (Å²) in [5.74, 6) is 1.05. The van der Waals surface area contributed by atoms with Gasteiger partial charge in [-0.15, -0.1) is 0 Å². The Labute approximate surface area is 254 Å². The number of aromatic nitrogens is 2. The Morgan fingerprint density at radius 1 is 0.814 bits per heavy atom. The van der Waals surface area contributed by atoms with Crippen molar-refractivity contribution >= 4 is 34.1 Å². The van der Waals surface area contributed by atoms with Gasteiger partial charge in [-0.2, -0.15) is 0 Å². The van der Waals surface area contributed by atoms with Crippen LogP contribution in [0.2, 0.25) is 5.02 Å². The first kappa shape index (κ1) is 27.9. The number of ether oxygens (including phenoxy) is 1. The van der Waals surface area contributed by atoms with E-state index >= 15 is 0 Å². The summed E-state index contributed by atoms with van der Waals surface area (Å²) in [5.41, 5.74) is 5.56. The average Bonchev–Trinajstić information content (AvgIpc) is 3.04. The number of carbonyl (C=O) groups excluding carboxylic acids is 1. The van der Waals surface area contributed by atoms with E-state index in [1.807, 2.05) is 78.9 Å². The molecule has 6 aromatic rings. The number of rotatable bonds is 8. The van der Waals surface area contributed by atoms with Crippen molar-refractivity contribution in [3.05, 3.63) is 159 Å². The lowest BCUT2D eigenvalue weighted by atomic mass is 10.0. The van der Waals surface area contributed by atoms with Crippen LogP contribution in [-0.4, -0.2) is 22.6 Å². The van der Waals surface area contributed by atoms with Gasteiger partial charge in [-0.1, -0.05) is 78.3 Å². The molecule has 0 unspecified atom stereocenters. The summed E-state index contributed by atoms with van der Waals surface area (Å²) < 4.78 is 6.90. The van der Waals surface area contributed by atoms with Gasteiger partial charge in [0.1, 0.15) is 11.6 Å². The molecule has 0 radical (unpaired) electrons. The topological polar surface area (TPSA) is 73.2 Å². The fourth-order valence-corrected chi connectivity index (χ4v) is 5.12. The van der Waals surface area contributed by atoms with Crippen LogP contribution in [0.25, 0.3) is 22.0 Å². The summed E-state index contributed by atoms with van der Waals surface area (Å²) in [4.78, 5) is 31.8. The van der Waals surface area contributed by atoms with Crippen LogP contribution in [0.4, 0.5) is 5.69 Å². The summed E-state index contributed by atoms with van der Waals surface area (Å²) >= 11 is 6.05. The maximum absolute atomic E-state index is 14.0. The number of methoxy groups -OCH3 is 1. The summed E-state index contributed by atoms with van der Waals surface area (Å²) in [6.07, 6.45) is 0.505. The molecule has 1 aromatic heterocycles. The summed E-state index contributed by atoms with van der Waals surface area (Å²) in [6.45, 7) is 0.354. The van der Waals surface area contributed by atoms with Crippen molar-refractivity contribution in [2.24, 2.45) is 0 Å². The molecule has 1 amide bonds. The fraction of sp³-hybridized carbons (Fsp3) is 0.0833. The number of hydrogen-bond acceptors (Lipinski definition) is 4. The first-order chi connectivity index (χ1) is 21.0. The van der Waals surface area contributed by atoms with Gasteiger partial charge in [-0.05, 0) is 76.9 Å². The molecule has 0 aliphatic heterocycles. The highest BCUT2D eigenvalue weighted by Crippen LogP contribution is 2.23. The molecule has 0 bridgehead atoms. The van der Waals surface area contributed by atoms with Gasteiger partial charge in [0.25, 0.3) is 11.5 Å². The van der Waals surface area contributed by atoms with Crippen molar-refractivity contribution in [1.82, 2.24) is 9.55 Å². The van der Waals surface area contributed by atoms with E-state index in [0.29, 0.717) is 51.7 Å². The van der Waals surface area contributed by atoms with E-state index < -0.39 is 0 Å². The minimum absolute atomic E-state index is 0.168. The lowest BCUT2D eigenvalue weighted by Gasteiger charge is -2.15. The highest BCUT2D eigenvalue weighted by molar-refractivity contribution is 6.30. The molecule has 5 aromatic carbocycles. The maximum Gasteiger partial charge on any atom is 0.261 e. The first-order valence-electron chi connectivity index (χ1n) is 13.8. The van der Waals surface area contributed by atoms with Crippen molar-refractivity contribution in [2.75, 3.05) is 12.4 Å². The molecule has 1 N–H and O–H groups in total. The number of amides is 1. The number of anilines is 1. The molecule has 1 heterocycles. The van der Waals surface area contributed by atoms with Gasteiger partial charge in [-0.3, -0.25) is 14.2 Å². The van der Waals surface area contributed by atoms with E-state index in [9.17, 15) is 9.59 Å². The molecule has 0 fully saturated rings. The van der Waals surface area contributed by atoms with E-state index in [1.54, 1.807) is 54.1 Å². The van der Waals surface area contributed by atoms with Crippen LogP contribution < -0.4 is 15.6 Å².